The van der Waals surface area contributed by atoms with E-state index in [0.717, 1.165) is 6.42 Å². The number of ether oxygens (including phenoxy) is 1. The Hall–Kier alpha value is -0.940. The van der Waals surface area contributed by atoms with Crippen molar-refractivity contribution < 1.29 is 9.26 Å². The van der Waals surface area contributed by atoms with Crippen LogP contribution in [0.1, 0.15) is 72.7 Å². The van der Waals surface area contributed by atoms with Gasteiger partial charge in [0.15, 0.2) is 0 Å². The Morgan fingerprint density at radius 1 is 1.19 bits per heavy atom. The molecule has 0 aliphatic rings. The lowest BCUT2D eigenvalue weighted by atomic mass is 9.87. The van der Waals surface area contributed by atoms with Gasteiger partial charge in [-0.3, -0.25) is 0 Å². The maximum atomic E-state index is 6.16. The second-order valence-electron chi connectivity index (χ2n) is 7.98. The van der Waals surface area contributed by atoms with Crippen LogP contribution in [-0.4, -0.2) is 22.8 Å². The van der Waals surface area contributed by atoms with Crippen molar-refractivity contribution in [3.05, 3.63) is 11.7 Å². The van der Waals surface area contributed by atoms with Gasteiger partial charge < -0.3 is 15.0 Å². The van der Waals surface area contributed by atoms with Crippen LogP contribution >= 0.6 is 0 Å². The predicted molar refractivity (Wildman–Crippen MR) is 83.9 cm³/mol. The van der Waals surface area contributed by atoms with Gasteiger partial charge in [0.1, 0.15) is 6.10 Å². The molecule has 0 spiro atoms. The van der Waals surface area contributed by atoms with Crippen molar-refractivity contribution in [1.82, 2.24) is 10.1 Å². The molecule has 0 bridgehead atoms. The molecule has 122 valence electrons. The first-order valence-electron chi connectivity index (χ1n) is 7.72. The van der Waals surface area contributed by atoms with Crippen molar-refractivity contribution in [3.8, 4) is 0 Å². The summed E-state index contributed by atoms with van der Waals surface area (Å²) in [5.41, 5.74) is 6.28. The molecule has 2 atom stereocenters. The minimum absolute atomic E-state index is 0.0264. The largest absolute Gasteiger partial charge is 0.370 e. The molecule has 2 unspecified atom stereocenters. The number of nitrogens with two attached hydrogens (primary N) is 1. The predicted octanol–water partition coefficient (Wildman–Crippen LogP) is 3.50. The summed E-state index contributed by atoms with van der Waals surface area (Å²) in [6.07, 6.45) is 1.35. The summed E-state index contributed by atoms with van der Waals surface area (Å²) in [5.74, 6) is 1.21. The second-order valence-corrected chi connectivity index (χ2v) is 7.98. The first-order chi connectivity index (χ1) is 9.53. The van der Waals surface area contributed by atoms with Gasteiger partial charge in [0.2, 0.25) is 11.7 Å². The lowest BCUT2D eigenvalue weighted by Crippen LogP contribution is -2.28. The lowest BCUT2D eigenvalue weighted by molar-refractivity contribution is -0.0203. The van der Waals surface area contributed by atoms with Gasteiger partial charge in [-0.1, -0.05) is 46.7 Å². The van der Waals surface area contributed by atoms with E-state index in [1.807, 2.05) is 6.92 Å². The summed E-state index contributed by atoms with van der Waals surface area (Å²) in [6, 6.07) is 0.0264. The third-order valence-electron chi connectivity index (χ3n) is 3.15. The van der Waals surface area contributed by atoms with Crippen molar-refractivity contribution in [2.75, 3.05) is 6.61 Å². The Bertz CT molecular complexity index is 429. The molecule has 0 aliphatic carbocycles. The average molecular weight is 297 g/mol. The van der Waals surface area contributed by atoms with Gasteiger partial charge in [0, 0.05) is 19.1 Å². The van der Waals surface area contributed by atoms with Gasteiger partial charge in [-0.15, -0.1) is 0 Å². The van der Waals surface area contributed by atoms with Crippen LogP contribution in [0, 0.1) is 10.8 Å². The fourth-order valence-corrected chi connectivity index (χ4v) is 2.42. The Morgan fingerprint density at radius 2 is 1.81 bits per heavy atom. The minimum atomic E-state index is -0.168. The molecule has 0 saturated carbocycles. The summed E-state index contributed by atoms with van der Waals surface area (Å²) in [4.78, 5) is 4.48. The van der Waals surface area contributed by atoms with Gasteiger partial charge in [0.05, 0.1) is 0 Å². The summed E-state index contributed by atoms with van der Waals surface area (Å²) in [6.45, 7) is 15.4. The van der Waals surface area contributed by atoms with E-state index in [9.17, 15) is 0 Å². The molecular formula is C16H31N3O2. The van der Waals surface area contributed by atoms with Crippen molar-refractivity contribution >= 4 is 0 Å². The van der Waals surface area contributed by atoms with Gasteiger partial charge in [-0.05, 0) is 24.2 Å². The molecule has 0 aromatic carbocycles. The first-order valence-corrected chi connectivity index (χ1v) is 7.72. The van der Waals surface area contributed by atoms with E-state index in [2.05, 4.69) is 51.7 Å². The van der Waals surface area contributed by atoms with Crippen LogP contribution in [0.4, 0.5) is 0 Å². The smallest absolute Gasteiger partial charge is 0.228 e. The van der Waals surface area contributed by atoms with Crippen molar-refractivity contribution in [1.29, 1.82) is 0 Å². The standard InChI is InChI=1S/C16H31N3O2/c1-8-20-13(16(5,6)7)14-18-12(21-19-14)9-11(17)10-15(2,3)4/h11,13H,8-10,17H2,1-7H3. The van der Waals surface area contributed by atoms with Crippen molar-refractivity contribution in [2.24, 2.45) is 16.6 Å². The van der Waals surface area contributed by atoms with Crippen LogP contribution in [0.5, 0.6) is 0 Å². The number of hydrogen-bond acceptors (Lipinski definition) is 5. The summed E-state index contributed by atoms with van der Waals surface area (Å²) in [5, 5.41) is 4.08. The molecule has 5 heteroatoms. The van der Waals surface area contributed by atoms with E-state index >= 15 is 0 Å². The Kier molecular flexibility index (Phi) is 5.93. The van der Waals surface area contributed by atoms with Gasteiger partial charge in [-0.25, -0.2) is 0 Å². The lowest BCUT2D eigenvalue weighted by Gasteiger charge is -2.27. The van der Waals surface area contributed by atoms with Gasteiger partial charge in [0.25, 0.3) is 0 Å². The van der Waals surface area contributed by atoms with Crippen molar-refractivity contribution in [2.45, 2.75) is 73.5 Å². The van der Waals surface area contributed by atoms with Crippen LogP contribution in [0.3, 0.4) is 0 Å². The Labute approximate surface area is 128 Å². The fraction of sp³-hybridized carbons (Fsp3) is 0.875. The number of hydrogen-bond donors (Lipinski definition) is 1. The van der Waals surface area contributed by atoms with E-state index < -0.39 is 0 Å². The summed E-state index contributed by atoms with van der Waals surface area (Å²) < 4.78 is 11.1. The Balaban J connectivity index is 2.75. The monoisotopic (exact) mass is 297 g/mol. The quantitative estimate of drug-likeness (QED) is 0.870. The molecule has 0 fully saturated rings. The topological polar surface area (TPSA) is 74.2 Å². The maximum Gasteiger partial charge on any atom is 0.228 e. The highest BCUT2D eigenvalue weighted by Crippen LogP contribution is 2.34. The highest BCUT2D eigenvalue weighted by molar-refractivity contribution is 4.97. The molecule has 0 radical (unpaired) electrons. The van der Waals surface area contributed by atoms with E-state index in [1.54, 1.807) is 0 Å². The van der Waals surface area contributed by atoms with Crippen LogP contribution in [0.15, 0.2) is 4.52 Å². The first kappa shape index (κ1) is 18.1. The normalized spacial score (nSPS) is 16.0. The zero-order valence-corrected chi connectivity index (χ0v) is 14.6. The van der Waals surface area contributed by atoms with E-state index in [-0.39, 0.29) is 23.0 Å². The molecule has 2 N–H and O–H groups in total. The molecule has 0 saturated heterocycles. The molecule has 0 aliphatic heterocycles. The molecular weight excluding hydrogens is 266 g/mol. The zero-order valence-electron chi connectivity index (χ0n) is 14.6. The van der Waals surface area contributed by atoms with Gasteiger partial charge in [-0.2, -0.15) is 4.98 Å². The molecule has 0 amide bonds. The van der Waals surface area contributed by atoms with Crippen LogP contribution in [0.25, 0.3) is 0 Å². The SMILES string of the molecule is CCOC(c1noc(CC(N)CC(C)(C)C)n1)C(C)(C)C. The maximum absolute atomic E-state index is 6.16. The third-order valence-corrected chi connectivity index (χ3v) is 3.15. The van der Waals surface area contributed by atoms with Crippen LogP contribution < -0.4 is 5.73 Å². The number of aromatic nitrogens is 2. The van der Waals surface area contributed by atoms with E-state index in [1.165, 1.54) is 0 Å². The minimum Gasteiger partial charge on any atom is -0.370 e. The number of nitrogens with zero attached hydrogens (tertiary/aromatic N) is 2. The zero-order chi connectivity index (χ0) is 16.3. The number of rotatable bonds is 6. The second kappa shape index (κ2) is 6.88. The molecule has 1 rings (SSSR count). The highest BCUT2D eigenvalue weighted by atomic mass is 16.5. The molecule has 1 heterocycles. The summed E-state index contributed by atoms with van der Waals surface area (Å²) >= 11 is 0. The Morgan fingerprint density at radius 3 is 2.29 bits per heavy atom. The molecule has 1 aromatic rings. The van der Waals surface area contributed by atoms with E-state index in [4.69, 9.17) is 15.0 Å². The third kappa shape index (κ3) is 6.14. The van der Waals surface area contributed by atoms with Crippen molar-refractivity contribution in [3.63, 3.8) is 0 Å². The average Bonchev–Trinajstić information content (AvgIpc) is 2.69. The molecule has 21 heavy (non-hydrogen) atoms. The van der Waals surface area contributed by atoms with Crippen LogP contribution in [-0.2, 0) is 11.2 Å². The molecule has 1 aromatic heterocycles. The molecule has 5 nitrogen and oxygen atoms in total. The highest BCUT2D eigenvalue weighted by Gasteiger charge is 2.31. The van der Waals surface area contributed by atoms with Gasteiger partial charge >= 0.3 is 0 Å². The fourth-order valence-electron chi connectivity index (χ4n) is 2.42. The summed E-state index contributed by atoms with van der Waals surface area (Å²) in [7, 11) is 0. The van der Waals surface area contributed by atoms with Crippen LogP contribution in [0.2, 0.25) is 0 Å². The van der Waals surface area contributed by atoms with E-state index in [0.29, 0.717) is 24.7 Å².